The molecule has 4 rings (SSSR count). The molecule has 1 aliphatic heterocycles. The Balaban J connectivity index is 1.84. The first kappa shape index (κ1) is 22.1. The van der Waals surface area contributed by atoms with Gasteiger partial charge in [-0.15, -0.1) is 0 Å². The molecule has 0 aliphatic carbocycles. The van der Waals surface area contributed by atoms with Gasteiger partial charge in [-0.1, -0.05) is 35.9 Å². The number of carbonyl (C=O) groups excluding carboxylic acids is 2. The lowest BCUT2D eigenvalue weighted by Gasteiger charge is -2.17. The second-order valence-corrected chi connectivity index (χ2v) is 8.02. The van der Waals surface area contributed by atoms with Crippen LogP contribution in [0.2, 0.25) is 0 Å². The molecule has 0 aromatic heterocycles. The molecular formula is C27H26N2O4. The zero-order chi connectivity index (χ0) is 23.7. The molecule has 1 aliphatic rings. The number of methoxy groups -OCH3 is 2. The van der Waals surface area contributed by atoms with Crippen molar-refractivity contribution < 1.29 is 19.1 Å². The zero-order valence-electron chi connectivity index (χ0n) is 19.4. The molecule has 0 saturated heterocycles. The fourth-order valence-electron chi connectivity index (χ4n) is 3.77. The van der Waals surface area contributed by atoms with E-state index in [0.29, 0.717) is 34.0 Å². The van der Waals surface area contributed by atoms with Crippen LogP contribution in [0.3, 0.4) is 0 Å². The molecule has 0 fully saturated rings. The molecule has 1 N–H and O–H groups in total. The highest BCUT2D eigenvalue weighted by molar-refractivity contribution is 6.46. The molecule has 168 valence electrons. The summed E-state index contributed by atoms with van der Waals surface area (Å²) in [5, 5.41) is 3.17. The van der Waals surface area contributed by atoms with Crippen LogP contribution in [0.15, 0.2) is 66.4 Å². The molecule has 0 spiro atoms. The highest BCUT2D eigenvalue weighted by Crippen LogP contribution is 2.37. The summed E-state index contributed by atoms with van der Waals surface area (Å²) in [7, 11) is 3.11. The van der Waals surface area contributed by atoms with Gasteiger partial charge in [0.2, 0.25) is 0 Å². The van der Waals surface area contributed by atoms with Crippen molar-refractivity contribution in [1.82, 2.24) is 0 Å². The SMILES string of the molecule is COc1ccc(NC2=C(c3ccc(C)cc3)C(=O)N(c3ccc(C)c(C)c3)C2=O)c(OC)c1. The third-order valence-electron chi connectivity index (χ3n) is 5.84. The van der Waals surface area contributed by atoms with Crippen molar-refractivity contribution in [3.05, 3.63) is 88.6 Å². The predicted molar refractivity (Wildman–Crippen MR) is 130 cm³/mol. The first-order valence-electron chi connectivity index (χ1n) is 10.6. The third-order valence-corrected chi connectivity index (χ3v) is 5.84. The quantitative estimate of drug-likeness (QED) is 0.543. The van der Waals surface area contributed by atoms with Crippen LogP contribution >= 0.6 is 0 Å². The monoisotopic (exact) mass is 442 g/mol. The minimum Gasteiger partial charge on any atom is -0.497 e. The Morgan fingerprint density at radius 1 is 0.758 bits per heavy atom. The Hall–Kier alpha value is -4.06. The maximum Gasteiger partial charge on any atom is 0.282 e. The van der Waals surface area contributed by atoms with Crippen molar-refractivity contribution in [2.24, 2.45) is 0 Å². The Bertz CT molecular complexity index is 1280. The van der Waals surface area contributed by atoms with Crippen molar-refractivity contribution in [2.75, 3.05) is 24.4 Å². The molecule has 33 heavy (non-hydrogen) atoms. The lowest BCUT2D eigenvalue weighted by atomic mass is 10.0. The van der Waals surface area contributed by atoms with Gasteiger partial charge in [-0.05, 0) is 61.7 Å². The van der Waals surface area contributed by atoms with Gasteiger partial charge in [-0.25, -0.2) is 4.90 Å². The molecular weight excluding hydrogens is 416 g/mol. The molecule has 2 amide bonds. The van der Waals surface area contributed by atoms with E-state index >= 15 is 0 Å². The Morgan fingerprint density at radius 2 is 1.48 bits per heavy atom. The highest BCUT2D eigenvalue weighted by Gasteiger charge is 2.40. The number of imide groups is 1. The van der Waals surface area contributed by atoms with Gasteiger partial charge in [-0.3, -0.25) is 9.59 Å². The number of amides is 2. The molecule has 0 atom stereocenters. The summed E-state index contributed by atoms with van der Waals surface area (Å²) in [6.07, 6.45) is 0. The number of nitrogens with one attached hydrogen (secondary N) is 1. The lowest BCUT2D eigenvalue weighted by molar-refractivity contribution is -0.120. The number of hydrogen-bond donors (Lipinski definition) is 1. The van der Waals surface area contributed by atoms with Crippen LogP contribution in [0.25, 0.3) is 5.57 Å². The number of ether oxygens (including phenoxy) is 2. The Morgan fingerprint density at radius 3 is 2.12 bits per heavy atom. The summed E-state index contributed by atoms with van der Waals surface area (Å²) in [5.41, 5.74) is 5.43. The van der Waals surface area contributed by atoms with E-state index in [1.807, 2.05) is 57.2 Å². The second-order valence-electron chi connectivity index (χ2n) is 8.02. The molecule has 3 aromatic carbocycles. The number of carbonyl (C=O) groups is 2. The molecule has 1 heterocycles. The van der Waals surface area contributed by atoms with Crippen molar-refractivity contribution in [1.29, 1.82) is 0 Å². The Labute approximate surface area is 193 Å². The van der Waals surface area contributed by atoms with Crippen molar-refractivity contribution in [2.45, 2.75) is 20.8 Å². The summed E-state index contributed by atoms with van der Waals surface area (Å²) in [5.74, 6) is 0.324. The van der Waals surface area contributed by atoms with Gasteiger partial charge in [0, 0.05) is 6.07 Å². The number of aryl methyl sites for hydroxylation is 3. The smallest absolute Gasteiger partial charge is 0.282 e. The molecule has 0 bridgehead atoms. The van der Waals surface area contributed by atoms with Gasteiger partial charge in [0.1, 0.15) is 17.2 Å². The molecule has 6 heteroatoms. The fourth-order valence-corrected chi connectivity index (χ4v) is 3.77. The summed E-state index contributed by atoms with van der Waals surface area (Å²) < 4.78 is 10.8. The van der Waals surface area contributed by atoms with Crippen LogP contribution < -0.4 is 19.7 Å². The Kier molecular flexibility index (Phi) is 5.92. The molecule has 3 aromatic rings. The van der Waals surface area contributed by atoms with Crippen LogP contribution in [0.1, 0.15) is 22.3 Å². The van der Waals surface area contributed by atoms with E-state index in [-0.39, 0.29) is 11.6 Å². The van der Waals surface area contributed by atoms with Gasteiger partial charge in [0.25, 0.3) is 11.8 Å². The zero-order valence-corrected chi connectivity index (χ0v) is 19.4. The lowest BCUT2D eigenvalue weighted by Crippen LogP contribution is -2.32. The minimum absolute atomic E-state index is 0.200. The molecule has 6 nitrogen and oxygen atoms in total. The van der Waals surface area contributed by atoms with Crippen molar-refractivity contribution >= 4 is 28.8 Å². The first-order chi connectivity index (χ1) is 15.8. The predicted octanol–water partition coefficient (Wildman–Crippen LogP) is 5.03. The maximum atomic E-state index is 13.6. The third kappa shape index (κ3) is 4.07. The average molecular weight is 443 g/mol. The molecule has 0 unspecified atom stereocenters. The van der Waals surface area contributed by atoms with Crippen LogP contribution in [0.5, 0.6) is 11.5 Å². The van der Waals surface area contributed by atoms with Crippen LogP contribution in [-0.2, 0) is 9.59 Å². The average Bonchev–Trinajstić information content (AvgIpc) is 3.06. The maximum absolute atomic E-state index is 13.6. The molecule has 0 radical (unpaired) electrons. The van der Waals surface area contributed by atoms with Crippen LogP contribution in [0.4, 0.5) is 11.4 Å². The largest absolute Gasteiger partial charge is 0.497 e. The van der Waals surface area contributed by atoms with Crippen LogP contribution in [0, 0.1) is 20.8 Å². The van der Waals surface area contributed by atoms with E-state index in [9.17, 15) is 9.59 Å². The molecule has 0 saturated carbocycles. The number of nitrogens with zero attached hydrogens (tertiary/aromatic N) is 1. The van der Waals surface area contributed by atoms with Gasteiger partial charge >= 0.3 is 0 Å². The first-order valence-corrected chi connectivity index (χ1v) is 10.6. The van der Waals surface area contributed by atoms with Gasteiger partial charge in [0.15, 0.2) is 0 Å². The van der Waals surface area contributed by atoms with Crippen molar-refractivity contribution in [3.8, 4) is 11.5 Å². The fraction of sp³-hybridized carbons (Fsp3) is 0.185. The van der Waals surface area contributed by atoms with E-state index < -0.39 is 5.91 Å². The standard InChI is InChI=1S/C27H26N2O4/c1-16-6-9-19(10-7-16)24-25(28-22-13-12-21(32-4)15-23(22)33-5)27(31)29(26(24)30)20-11-8-17(2)18(3)14-20/h6-15,28H,1-5H3. The van der Waals surface area contributed by atoms with Gasteiger partial charge in [0.05, 0.1) is 31.2 Å². The number of benzene rings is 3. The highest BCUT2D eigenvalue weighted by atomic mass is 16.5. The summed E-state index contributed by atoms with van der Waals surface area (Å²) in [4.78, 5) is 28.4. The summed E-state index contributed by atoms with van der Waals surface area (Å²) >= 11 is 0. The minimum atomic E-state index is -0.420. The number of anilines is 2. The number of rotatable bonds is 6. The van der Waals surface area contributed by atoms with Gasteiger partial charge in [-0.2, -0.15) is 0 Å². The summed E-state index contributed by atoms with van der Waals surface area (Å²) in [6, 6.07) is 18.4. The summed E-state index contributed by atoms with van der Waals surface area (Å²) in [6.45, 7) is 5.92. The van der Waals surface area contributed by atoms with E-state index in [1.165, 1.54) is 12.0 Å². The van der Waals surface area contributed by atoms with Crippen LogP contribution in [-0.4, -0.2) is 26.0 Å². The number of hydrogen-bond acceptors (Lipinski definition) is 5. The van der Waals surface area contributed by atoms with Gasteiger partial charge < -0.3 is 14.8 Å². The topological polar surface area (TPSA) is 67.9 Å². The normalized spacial score (nSPS) is 13.5. The van der Waals surface area contributed by atoms with Crippen molar-refractivity contribution in [3.63, 3.8) is 0 Å². The van der Waals surface area contributed by atoms with E-state index in [2.05, 4.69) is 5.32 Å². The van der Waals surface area contributed by atoms with E-state index in [0.717, 1.165) is 16.7 Å². The second kappa shape index (κ2) is 8.82. The van der Waals surface area contributed by atoms with E-state index in [1.54, 1.807) is 31.4 Å². The van der Waals surface area contributed by atoms with E-state index in [4.69, 9.17) is 9.47 Å².